The molecule has 2 rings (SSSR count). The van der Waals surface area contributed by atoms with Gasteiger partial charge >= 0.3 is 5.97 Å². The van der Waals surface area contributed by atoms with Gasteiger partial charge in [-0.15, -0.1) is 0 Å². The summed E-state index contributed by atoms with van der Waals surface area (Å²) in [5.74, 6) is 0.189. The molecule has 0 amide bonds. The quantitative estimate of drug-likeness (QED) is 0.276. The summed E-state index contributed by atoms with van der Waals surface area (Å²) in [6.07, 6.45) is 0.970. The maximum absolute atomic E-state index is 11.9. The van der Waals surface area contributed by atoms with Gasteiger partial charge in [0.15, 0.2) is 5.76 Å². The Bertz CT molecular complexity index is 963. The number of nitriles is 1. The first-order valence-corrected chi connectivity index (χ1v) is 11.1. The van der Waals surface area contributed by atoms with Crippen molar-refractivity contribution in [3.63, 3.8) is 0 Å². The third kappa shape index (κ3) is 5.90. The summed E-state index contributed by atoms with van der Waals surface area (Å²) in [5, 5.41) is 14.4. The van der Waals surface area contributed by atoms with Crippen LogP contribution in [-0.4, -0.2) is 34.0 Å². The van der Waals surface area contributed by atoms with Crippen molar-refractivity contribution >= 4 is 29.1 Å². The summed E-state index contributed by atoms with van der Waals surface area (Å²) in [4.78, 5) is 11.9. The van der Waals surface area contributed by atoms with E-state index < -0.39 is 6.29 Å². The molecule has 6 nitrogen and oxygen atoms in total. The smallest absolute Gasteiger partial charge is 0.318 e. The number of allylic oxidation sites excluding steroid dienone is 1. The molecule has 0 spiro atoms. The van der Waals surface area contributed by atoms with E-state index in [1.807, 2.05) is 43.5 Å². The van der Waals surface area contributed by atoms with Crippen LogP contribution in [0.2, 0.25) is 0 Å². The molecule has 1 heterocycles. The van der Waals surface area contributed by atoms with E-state index in [-0.39, 0.29) is 17.1 Å². The molecule has 1 aromatic carbocycles. The molecular weight excluding hydrogens is 398 g/mol. The molecule has 0 fully saturated rings. The number of rotatable bonds is 7. The van der Waals surface area contributed by atoms with Crippen LogP contribution in [0.25, 0.3) is 11.3 Å². The van der Waals surface area contributed by atoms with Crippen molar-refractivity contribution in [2.45, 2.75) is 46.3 Å². The molecule has 0 bridgehead atoms. The monoisotopic (exact) mass is 427 g/mol. The Morgan fingerprint density at radius 2 is 1.90 bits per heavy atom. The highest BCUT2D eigenvalue weighted by Gasteiger charge is 2.22. The standard InChI is InChI=1S/C23H29N3O3S/c1-15-12-20(26(6)25-15)22(29-16(2)28-21(27)14-30-7)19(13-24)17-8-10-18(11-9-17)23(3,4)5/h8-12,16H,14H2,1-7H3/b22-19-. The number of carbonyl (C=O) groups is 1. The van der Waals surface area contributed by atoms with Crippen LogP contribution in [0, 0.1) is 18.3 Å². The van der Waals surface area contributed by atoms with E-state index >= 15 is 0 Å². The van der Waals surface area contributed by atoms with Crippen molar-refractivity contribution in [1.82, 2.24) is 9.78 Å². The summed E-state index contributed by atoms with van der Waals surface area (Å²) in [7, 11) is 1.79. The highest BCUT2D eigenvalue weighted by molar-refractivity contribution is 7.99. The third-order valence-corrected chi connectivity index (χ3v) is 4.98. The van der Waals surface area contributed by atoms with Crippen molar-refractivity contribution < 1.29 is 14.3 Å². The first kappa shape index (κ1) is 23.6. The highest BCUT2D eigenvalue weighted by Crippen LogP contribution is 2.30. The number of hydrogen-bond donors (Lipinski definition) is 0. The summed E-state index contributed by atoms with van der Waals surface area (Å²) < 4.78 is 13.0. The van der Waals surface area contributed by atoms with E-state index in [9.17, 15) is 10.1 Å². The van der Waals surface area contributed by atoms with Gasteiger partial charge in [-0.25, -0.2) is 0 Å². The number of aryl methyl sites for hydroxylation is 2. The van der Waals surface area contributed by atoms with E-state index in [1.165, 1.54) is 17.3 Å². The van der Waals surface area contributed by atoms with E-state index in [0.29, 0.717) is 17.0 Å². The van der Waals surface area contributed by atoms with Crippen molar-refractivity contribution in [3.8, 4) is 6.07 Å². The number of benzene rings is 1. The molecule has 0 saturated carbocycles. The Balaban J connectivity index is 2.52. The van der Waals surface area contributed by atoms with Crippen LogP contribution in [0.5, 0.6) is 0 Å². The highest BCUT2D eigenvalue weighted by atomic mass is 32.2. The number of esters is 1. The zero-order valence-corrected chi connectivity index (χ0v) is 19.5. The molecule has 0 aliphatic heterocycles. The molecule has 0 aliphatic rings. The molecule has 0 saturated heterocycles. The van der Waals surface area contributed by atoms with Crippen LogP contribution in [0.15, 0.2) is 30.3 Å². The minimum Gasteiger partial charge on any atom is -0.451 e. The average molecular weight is 428 g/mol. The second kappa shape index (κ2) is 9.86. The van der Waals surface area contributed by atoms with Gasteiger partial charge in [0.2, 0.25) is 6.29 Å². The maximum Gasteiger partial charge on any atom is 0.318 e. The number of thioether (sulfide) groups is 1. The molecule has 7 heteroatoms. The fourth-order valence-corrected chi connectivity index (χ4v) is 3.28. The van der Waals surface area contributed by atoms with Gasteiger partial charge < -0.3 is 9.47 Å². The Hall–Kier alpha value is -2.72. The van der Waals surface area contributed by atoms with Gasteiger partial charge in [0, 0.05) is 14.0 Å². The lowest BCUT2D eigenvalue weighted by molar-refractivity contribution is -0.160. The normalized spacial score (nSPS) is 13.3. The molecular formula is C23H29N3O3S. The summed E-state index contributed by atoms with van der Waals surface area (Å²) >= 11 is 1.38. The van der Waals surface area contributed by atoms with Crippen molar-refractivity contribution in [3.05, 3.63) is 52.8 Å². The lowest BCUT2D eigenvalue weighted by Crippen LogP contribution is -2.20. The summed E-state index contributed by atoms with van der Waals surface area (Å²) in [6, 6.07) is 12.0. The Morgan fingerprint density at radius 1 is 1.27 bits per heavy atom. The van der Waals surface area contributed by atoms with E-state index in [1.54, 1.807) is 18.7 Å². The summed E-state index contributed by atoms with van der Waals surface area (Å²) in [6.45, 7) is 9.92. The average Bonchev–Trinajstić information content (AvgIpc) is 2.99. The van der Waals surface area contributed by atoms with Gasteiger partial charge in [-0.2, -0.15) is 22.1 Å². The SMILES string of the molecule is CSCC(=O)OC(C)O/C(=C(/C#N)c1ccc(C(C)(C)C)cc1)c1cc(C)nn1C. The molecule has 1 atom stereocenters. The van der Waals surface area contributed by atoms with Crippen LogP contribution < -0.4 is 0 Å². The minimum absolute atomic E-state index is 0.00748. The molecule has 1 aromatic heterocycles. The molecule has 0 aliphatic carbocycles. The molecule has 2 aromatic rings. The second-order valence-electron chi connectivity index (χ2n) is 8.05. The first-order valence-electron chi connectivity index (χ1n) is 9.68. The largest absolute Gasteiger partial charge is 0.451 e. The fraction of sp³-hybridized carbons (Fsp3) is 0.435. The van der Waals surface area contributed by atoms with Crippen LogP contribution >= 0.6 is 11.8 Å². The van der Waals surface area contributed by atoms with Crippen molar-refractivity contribution in [2.24, 2.45) is 7.05 Å². The predicted octanol–water partition coefficient (Wildman–Crippen LogP) is 4.69. The molecule has 30 heavy (non-hydrogen) atoms. The lowest BCUT2D eigenvalue weighted by Gasteiger charge is -2.21. The molecule has 1 unspecified atom stereocenters. The van der Waals surface area contributed by atoms with Crippen LogP contribution in [0.4, 0.5) is 0 Å². The Morgan fingerprint density at radius 3 is 2.37 bits per heavy atom. The summed E-state index contributed by atoms with van der Waals surface area (Å²) in [5.41, 5.74) is 3.68. The first-order chi connectivity index (χ1) is 14.1. The van der Waals surface area contributed by atoms with Gasteiger partial charge in [-0.1, -0.05) is 45.0 Å². The van der Waals surface area contributed by atoms with Crippen LogP contribution in [0.3, 0.4) is 0 Å². The van der Waals surface area contributed by atoms with Gasteiger partial charge in [-0.3, -0.25) is 9.48 Å². The number of aromatic nitrogens is 2. The minimum atomic E-state index is -0.855. The second-order valence-corrected chi connectivity index (χ2v) is 8.91. The third-order valence-electron chi connectivity index (χ3n) is 4.46. The Kier molecular flexibility index (Phi) is 7.74. The van der Waals surface area contributed by atoms with Crippen molar-refractivity contribution in [1.29, 1.82) is 5.26 Å². The zero-order chi connectivity index (χ0) is 22.5. The number of hydrogen-bond acceptors (Lipinski definition) is 6. The Labute approximate surface area is 182 Å². The number of carbonyl (C=O) groups excluding carboxylic acids is 1. The molecule has 0 radical (unpaired) electrons. The van der Waals surface area contributed by atoms with Gasteiger partial charge in [-0.05, 0) is 35.8 Å². The topological polar surface area (TPSA) is 77.1 Å². The van der Waals surface area contributed by atoms with Crippen LogP contribution in [-0.2, 0) is 26.7 Å². The number of nitrogens with zero attached hydrogens (tertiary/aromatic N) is 3. The van der Waals surface area contributed by atoms with E-state index in [4.69, 9.17) is 9.47 Å². The molecule has 160 valence electrons. The molecule has 0 N–H and O–H groups in total. The fourth-order valence-electron chi connectivity index (χ4n) is 2.98. The van der Waals surface area contributed by atoms with Gasteiger partial charge in [0.05, 0.1) is 11.4 Å². The van der Waals surface area contributed by atoms with Gasteiger partial charge in [0.25, 0.3) is 0 Å². The predicted molar refractivity (Wildman–Crippen MR) is 121 cm³/mol. The maximum atomic E-state index is 11.9. The van der Waals surface area contributed by atoms with E-state index in [2.05, 4.69) is 31.9 Å². The zero-order valence-electron chi connectivity index (χ0n) is 18.6. The van der Waals surface area contributed by atoms with Crippen molar-refractivity contribution in [2.75, 3.05) is 12.0 Å². The lowest BCUT2D eigenvalue weighted by atomic mass is 9.86. The number of ether oxygens (including phenoxy) is 2. The van der Waals surface area contributed by atoms with Gasteiger partial charge in [0.1, 0.15) is 17.3 Å². The van der Waals surface area contributed by atoms with E-state index in [0.717, 1.165) is 11.3 Å². The van der Waals surface area contributed by atoms with Crippen LogP contribution in [0.1, 0.15) is 50.2 Å².